The maximum Gasteiger partial charge on any atom is 0.0384 e. The van der Waals surface area contributed by atoms with Crippen molar-refractivity contribution in [3.8, 4) is 0 Å². The number of hydrogen-bond acceptors (Lipinski definition) is 1. The molecule has 0 atom stereocenters. The Morgan fingerprint density at radius 3 is 1.27 bits per heavy atom. The number of rotatable bonds is 5. The van der Waals surface area contributed by atoms with Crippen molar-refractivity contribution < 1.29 is 0 Å². The monoisotopic (exact) mass is 335 g/mol. The average Bonchev–Trinajstić information content (AvgIpc) is 2.72. The maximum atomic E-state index is 3.45. The highest BCUT2D eigenvalue weighted by atomic mass is 14.9. The normalized spacial score (nSPS) is 10.7. The van der Waals surface area contributed by atoms with Crippen LogP contribution in [0.1, 0.15) is 22.6 Å². The Labute approximate surface area is 155 Å². The predicted octanol–water partition coefficient (Wildman–Crippen LogP) is 6.61. The van der Waals surface area contributed by atoms with Gasteiger partial charge in [0.25, 0.3) is 0 Å². The fraction of sp³-hybridized carbons (Fsp3) is 0.0400. The van der Waals surface area contributed by atoms with Crippen LogP contribution in [0.15, 0.2) is 115 Å². The quantitative estimate of drug-likeness (QED) is 0.405. The van der Waals surface area contributed by atoms with Crippen LogP contribution in [-0.2, 0) is 0 Å². The van der Waals surface area contributed by atoms with E-state index >= 15 is 0 Å². The van der Waals surface area contributed by atoms with E-state index in [1.54, 1.807) is 0 Å². The average molecular weight is 335 g/mol. The van der Waals surface area contributed by atoms with Gasteiger partial charge >= 0.3 is 0 Å². The van der Waals surface area contributed by atoms with Crippen molar-refractivity contribution in [3.05, 3.63) is 132 Å². The zero-order valence-corrected chi connectivity index (χ0v) is 14.5. The topological polar surface area (TPSA) is 12.0 Å². The standard InChI is InChI=1S/C25H21N/c1-4-10-20(11-5-1)25(21-12-6-2-7-13-21)22-16-18-24(19-17-22)26-23-14-8-3-9-15-23/h1-19,25-26H. The van der Waals surface area contributed by atoms with Gasteiger partial charge in [0.05, 0.1) is 0 Å². The minimum absolute atomic E-state index is 0.239. The van der Waals surface area contributed by atoms with E-state index in [1.807, 2.05) is 18.2 Å². The Kier molecular flexibility index (Phi) is 4.79. The lowest BCUT2D eigenvalue weighted by atomic mass is 9.85. The first-order valence-corrected chi connectivity index (χ1v) is 8.92. The second kappa shape index (κ2) is 7.71. The third kappa shape index (κ3) is 3.68. The van der Waals surface area contributed by atoms with Crippen LogP contribution in [0.4, 0.5) is 11.4 Å². The van der Waals surface area contributed by atoms with Crippen LogP contribution in [0.5, 0.6) is 0 Å². The number of para-hydroxylation sites is 1. The van der Waals surface area contributed by atoms with Gasteiger partial charge in [0.1, 0.15) is 0 Å². The van der Waals surface area contributed by atoms with Crippen LogP contribution in [0, 0.1) is 0 Å². The van der Waals surface area contributed by atoms with Crippen molar-refractivity contribution in [2.75, 3.05) is 5.32 Å². The number of hydrogen-bond donors (Lipinski definition) is 1. The highest BCUT2D eigenvalue weighted by molar-refractivity contribution is 5.60. The van der Waals surface area contributed by atoms with E-state index < -0.39 is 0 Å². The van der Waals surface area contributed by atoms with E-state index in [0.717, 1.165) is 11.4 Å². The molecular weight excluding hydrogens is 314 g/mol. The third-order valence-electron chi connectivity index (χ3n) is 4.57. The molecule has 0 heterocycles. The first-order chi connectivity index (χ1) is 12.9. The lowest BCUT2D eigenvalue weighted by Gasteiger charge is -2.19. The van der Waals surface area contributed by atoms with Gasteiger partial charge in [-0.15, -0.1) is 0 Å². The van der Waals surface area contributed by atoms with Crippen molar-refractivity contribution >= 4 is 11.4 Å². The molecule has 0 saturated heterocycles. The summed E-state index contributed by atoms with van der Waals surface area (Å²) < 4.78 is 0. The van der Waals surface area contributed by atoms with Crippen molar-refractivity contribution in [3.63, 3.8) is 0 Å². The molecule has 1 nitrogen and oxygen atoms in total. The molecule has 0 aliphatic heterocycles. The zero-order valence-electron chi connectivity index (χ0n) is 14.5. The molecule has 4 rings (SSSR count). The summed E-state index contributed by atoms with van der Waals surface area (Å²) in [7, 11) is 0. The molecule has 0 radical (unpaired) electrons. The molecule has 126 valence electrons. The SMILES string of the molecule is c1ccc(Nc2ccc(C(c3ccccc3)c3ccccc3)cc2)cc1. The molecular formula is C25H21N. The van der Waals surface area contributed by atoms with Crippen molar-refractivity contribution in [1.29, 1.82) is 0 Å². The molecule has 0 spiro atoms. The molecule has 0 unspecified atom stereocenters. The van der Waals surface area contributed by atoms with Gasteiger partial charge < -0.3 is 5.32 Å². The molecule has 0 saturated carbocycles. The molecule has 1 heteroatoms. The second-order valence-corrected chi connectivity index (χ2v) is 6.37. The molecule has 0 aromatic heterocycles. The summed E-state index contributed by atoms with van der Waals surface area (Å²) in [5.74, 6) is 0.239. The minimum Gasteiger partial charge on any atom is -0.356 e. The lowest BCUT2D eigenvalue weighted by Crippen LogP contribution is -2.03. The Morgan fingerprint density at radius 1 is 0.385 bits per heavy atom. The van der Waals surface area contributed by atoms with Crippen molar-refractivity contribution in [1.82, 2.24) is 0 Å². The van der Waals surface area contributed by atoms with Gasteiger partial charge in [-0.2, -0.15) is 0 Å². The highest BCUT2D eigenvalue weighted by Gasteiger charge is 2.16. The van der Waals surface area contributed by atoms with Gasteiger partial charge in [-0.1, -0.05) is 91.0 Å². The van der Waals surface area contributed by atoms with Crippen LogP contribution < -0.4 is 5.32 Å². The van der Waals surface area contributed by atoms with Gasteiger partial charge in [-0.05, 0) is 41.0 Å². The molecule has 1 N–H and O–H groups in total. The Hall–Kier alpha value is -3.32. The van der Waals surface area contributed by atoms with Crippen LogP contribution in [0.3, 0.4) is 0 Å². The minimum atomic E-state index is 0.239. The van der Waals surface area contributed by atoms with Gasteiger partial charge in [0, 0.05) is 17.3 Å². The summed E-state index contributed by atoms with van der Waals surface area (Å²) in [5.41, 5.74) is 6.11. The summed E-state index contributed by atoms with van der Waals surface area (Å²) in [5, 5.41) is 3.45. The van der Waals surface area contributed by atoms with E-state index in [9.17, 15) is 0 Å². The Morgan fingerprint density at radius 2 is 0.769 bits per heavy atom. The molecule has 4 aromatic carbocycles. The largest absolute Gasteiger partial charge is 0.356 e. The smallest absolute Gasteiger partial charge is 0.0384 e. The van der Waals surface area contributed by atoms with Gasteiger partial charge in [-0.3, -0.25) is 0 Å². The number of nitrogens with one attached hydrogen (secondary N) is 1. The highest BCUT2D eigenvalue weighted by Crippen LogP contribution is 2.32. The van der Waals surface area contributed by atoms with Gasteiger partial charge in [0.2, 0.25) is 0 Å². The summed E-state index contributed by atoms with van der Waals surface area (Å²) in [6, 6.07) is 40.4. The van der Waals surface area contributed by atoms with Crippen molar-refractivity contribution in [2.45, 2.75) is 5.92 Å². The summed E-state index contributed by atoms with van der Waals surface area (Å²) in [6.07, 6.45) is 0. The first kappa shape index (κ1) is 16.2. The maximum absolute atomic E-state index is 3.45. The number of benzene rings is 4. The molecule has 0 amide bonds. The fourth-order valence-corrected chi connectivity index (χ4v) is 3.32. The van der Waals surface area contributed by atoms with Crippen molar-refractivity contribution in [2.24, 2.45) is 0 Å². The molecule has 0 aliphatic carbocycles. The zero-order chi connectivity index (χ0) is 17.6. The van der Waals surface area contributed by atoms with E-state index in [1.165, 1.54) is 16.7 Å². The fourth-order valence-electron chi connectivity index (χ4n) is 3.32. The molecule has 4 aromatic rings. The van der Waals surface area contributed by atoms with Crippen LogP contribution >= 0.6 is 0 Å². The van der Waals surface area contributed by atoms with E-state index in [-0.39, 0.29) is 5.92 Å². The lowest BCUT2D eigenvalue weighted by molar-refractivity contribution is 0.978. The van der Waals surface area contributed by atoms with Crippen LogP contribution in [0.2, 0.25) is 0 Å². The van der Waals surface area contributed by atoms with Gasteiger partial charge in [0.15, 0.2) is 0 Å². The Bertz CT molecular complexity index is 890. The molecule has 0 fully saturated rings. The van der Waals surface area contributed by atoms with E-state index in [0.29, 0.717) is 0 Å². The summed E-state index contributed by atoms with van der Waals surface area (Å²) in [4.78, 5) is 0. The van der Waals surface area contributed by atoms with Crippen LogP contribution in [0.25, 0.3) is 0 Å². The van der Waals surface area contributed by atoms with E-state index in [4.69, 9.17) is 0 Å². The third-order valence-corrected chi connectivity index (χ3v) is 4.57. The predicted molar refractivity (Wildman–Crippen MR) is 110 cm³/mol. The Balaban J connectivity index is 1.66. The van der Waals surface area contributed by atoms with Crippen LogP contribution in [-0.4, -0.2) is 0 Å². The van der Waals surface area contributed by atoms with E-state index in [2.05, 4.69) is 102 Å². The molecule has 26 heavy (non-hydrogen) atoms. The summed E-state index contributed by atoms with van der Waals surface area (Å²) >= 11 is 0. The molecule has 0 aliphatic rings. The first-order valence-electron chi connectivity index (χ1n) is 8.92. The molecule has 0 bridgehead atoms. The summed E-state index contributed by atoms with van der Waals surface area (Å²) in [6.45, 7) is 0. The second-order valence-electron chi connectivity index (χ2n) is 6.37. The number of anilines is 2. The van der Waals surface area contributed by atoms with Gasteiger partial charge in [-0.25, -0.2) is 0 Å².